The minimum atomic E-state index is -0.980. The third kappa shape index (κ3) is 4.11. The summed E-state index contributed by atoms with van der Waals surface area (Å²) in [6.07, 6.45) is 2.07. The van der Waals surface area contributed by atoms with Crippen LogP contribution in [0.15, 0.2) is 46.3 Å². The van der Waals surface area contributed by atoms with Gasteiger partial charge in [0.15, 0.2) is 5.69 Å². The highest BCUT2D eigenvalue weighted by Gasteiger charge is 2.33. The van der Waals surface area contributed by atoms with Crippen molar-refractivity contribution in [1.82, 2.24) is 15.1 Å². The lowest BCUT2D eigenvalue weighted by atomic mass is 10.0. The Morgan fingerprint density at radius 1 is 1.16 bits per heavy atom. The fourth-order valence-corrected chi connectivity index (χ4v) is 3.71. The van der Waals surface area contributed by atoms with Crippen molar-refractivity contribution in [3.8, 4) is 0 Å². The maximum atomic E-state index is 12.6. The molecule has 0 spiro atoms. The van der Waals surface area contributed by atoms with Gasteiger partial charge in [-0.25, -0.2) is 4.79 Å². The Morgan fingerprint density at radius 2 is 1.96 bits per heavy atom. The van der Waals surface area contributed by atoms with Crippen molar-refractivity contribution in [2.75, 3.05) is 6.54 Å². The number of carboxylic acid groups (broad SMARTS) is 1. The van der Waals surface area contributed by atoms with E-state index >= 15 is 0 Å². The molecule has 1 aliphatic heterocycles. The van der Waals surface area contributed by atoms with Gasteiger partial charge in [0, 0.05) is 11.4 Å². The van der Waals surface area contributed by atoms with Gasteiger partial charge in [0.2, 0.25) is 0 Å². The lowest BCUT2D eigenvalue weighted by molar-refractivity contribution is -0.143. The molecule has 3 rings (SSSR count). The number of carbonyl (C=O) groups is 2. The molecular weight excluding hydrogens is 362 g/mol. The van der Waals surface area contributed by atoms with Crippen LogP contribution in [0, 0.1) is 0 Å². The van der Waals surface area contributed by atoms with Crippen molar-refractivity contribution in [3.63, 3.8) is 0 Å². The molecule has 0 aliphatic carbocycles. The monoisotopic (exact) mass is 377 g/mol. The summed E-state index contributed by atoms with van der Waals surface area (Å²) in [6.45, 7) is 0.424. The van der Waals surface area contributed by atoms with Crippen molar-refractivity contribution in [3.05, 3.63) is 47.1 Å². The van der Waals surface area contributed by atoms with Gasteiger partial charge in [-0.1, -0.05) is 35.5 Å². The molecule has 6 nitrogen and oxygen atoms in total. The molecule has 1 saturated heterocycles. The Balaban J connectivity index is 1.74. The summed E-state index contributed by atoms with van der Waals surface area (Å²) < 4.78 is 0. The van der Waals surface area contributed by atoms with E-state index in [1.807, 2.05) is 18.2 Å². The topological polar surface area (TPSA) is 83.4 Å². The van der Waals surface area contributed by atoms with E-state index in [0.29, 0.717) is 23.0 Å². The van der Waals surface area contributed by atoms with Crippen LogP contribution in [0.1, 0.15) is 29.8 Å². The fraction of sp³-hybridized carbons (Fsp3) is 0.294. The van der Waals surface area contributed by atoms with E-state index in [9.17, 15) is 14.7 Å². The van der Waals surface area contributed by atoms with Gasteiger partial charge in [-0.2, -0.15) is 0 Å². The number of halogens is 1. The van der Waals surface area contributed by atoms with E-state index in [1.54, 1.807) is 18.2 Å². The van der Waals surface area contributed by atoms with Crippen molar-refractivity contribution >= 4 is 35.2 Å². The molecule has 0 bridgehead atoms. The number of carbonyl (C=O) groups excluding carboxylic acids is 1. The van der Waals surface area contributed by atoms with Gasteiger partial charge >= 0.3 is 5.97 Å². The molecule has 1 unspecified atom stereocenters. The van der Waals surface area contributed by atoms with Gasteiger partial charge in [-0.05, 0) is 43.5 Å². The largest absolute Gasteiger partial charge is 0.480 e. The number of rotatable bonds is 4. The smallest absolute Gasteiger partial charge is 0.326 e. The van der Waals surface area contributed by atoms with E-state index < -0.39 is 17.9 Å². The first kappa shape index (κ1) is 17.7. The number of aliphatic carboxylic acids is 1. The van der Waals surface area contributed by atoms with Crippen LogP contribution in [-0.2, 0) is 4.79 Å². The zero-order chi connectivity index (χ0) is 17.8. The van der Waals surface area contributed by atoms with Crippen molar-refractivity contribution in [2.45, 2.75) is 35.2 Å². The molecule has 1 atom stereocenters. The van der Waals surface area contributed by atoms with E-state index in [1.165, 1.54) is 16.7 Å². The van der Waals surface area contributed by atoms with E-state index in [4.69, 9.17) is 11.6 Å². The standard InChI is InChI=1S/C17H16ClN3O3S/c18-11-5-1-2-7-14(11)25-15-9-8-12(19-20-15)16(22)21-10-4-3-6-13(21)17(23)24/h1-2,5,7-9,13H,3-4,6,10H2,(H,23,24). The molecule has 2 aromatic rings. The molecule has 1 amide bonds. The molecule has 0 radical (unpaired) electrons. The van der Waals surface area contributed by atoms with Crippen LogP contribution in [0.5, 0.6) is 0 Å². The first-order chi connectivity index (χ1) is 12.1. The second kappa shape index (κ2) is 7.84. The number of nitrogens with zero attached hydrogens (tertiary/aromatic N) is 3. The predicted molar refractivity (Wildman–Crippen MR) is 93.9 cm³/mol. The predicted octanol–water partition coefficient (Wildman–Crippen LogP) is 3.36. The summed E-state index contributed by atoms with van der Waals surface area (Å²) in [5.74, 6) is -1.37. The Hall–Kier alpha value is -2.12. The Bertz CT molecular complexity index is 785. The van der Waals surface area contributed by atoms with Gasteiger partial charge < -0.3 is 10.0 Å². The highest BCUT2D eigenvalue weighted by Crippen LogP contribution is 2.31. The highest BCUT2D eigenvalue weighted by molar-refractivity contribution is 7.99. The van der Waals surface area contributed by atoms with E-state index in [-0.39, 0.29) is 5.69 Å². The van der Waals surface area contributed by atoms with Gasteiger partial charge in [0.05, 0.1) is 5.02 Å². The maximum Gasteiger partial charge on any atom is 0.326 e. The minimum Gasteiger partial charge on any atom is -0.480 e. The normalized spacial score (nSPS) is 17.3. The van der Waals surface area contributed by atoms with Crippen LogP contribution in [0.25, 0.3) is 0 Å². The van der Waals surface area contributed by atoms with Crippen LogP contribution < -0.4 is 0 Å². The van der Waals surface area contributed by atoms with Crippen LogP contribution >= 0.6 is 23.4 Å². The summed E-state index contributed by atoms with van der Waals surface area (Å²) in [6, 6.07) is 9.85. The summed E-state index contributed by atoms with van der Waals surface area (Å²) in [5, 5.41) is 18.6. The van der Waals surface area contributed by atoms with Gasteiger partial charge in [0.25, 0.3) is 5.91 Å². The summed E-state index contributed by atoms with van der Waals surface area (Å²) in [4.78, 5) is 26.1. The van der Waals surface area contributed by atoms with E-state index in [2.05, 4.69) is 10.2 Å². The summed E-state index contributed by atoms with van der Waals surface area (Å²) >= 11 is 7.47. The fourth-order valence-electron chi connectivity index (χ4n) is 2.71. The summed E-state index contributed by atoms with van der Waals surface area (Å²) in [5.41, 5.74) is 0.150. The molecule has 2 heterocycles. The number of hydrogen-bond donors (Lipinski definition) is 1. The quantitative estimate of drug-likeness (QED) is 0.879. The zero-order valence-electron chi connectivity index (χ0n) is 13.3. The van der Waals surface area contributed by atoms with Crippen LogP contribution in [0.2, 0.25) is 5.02 Å². The number of likely N-dealkylation sites (tertiary alicyclic amines) is 1. The lowest BCUT2D eigenvalue weighted by Crippen LogP contribution is -2.48. The van der Waals surface area contributed by atoms with Crippen molar-refractivity contribution < 1.29 is 14.7 Å². The van der Waals surface area contributed by atoms with Crippen LogP contribution in [0.4, 0.5) is 0 Å². The van der Waals surface area contributed by atoms with Gasteiger partial charge in [-0.3, -0.25) is 4.79 Å². The van der Waals surface area contributed by atoms with Crippen molar-refractivity contribution in [1.29, 1.82) is 0 Å². The molecule has 1 aromatic carbocycles. The number of benzene rings is 1. The molecule has 25 heavy (non-hydrogen) atoms. The Kier molecular flexibility index (Phi) is 5.55. The molecule has 1 N–H and O–H groups in total. The molecule has 1 aliphatic rings. The Labute approximate surface area is 154 Å². The molecule has 1 fully saturated rings. The summed E-state index contributed by atoms with van der Waals surface area (Å²) in [7, 11) is 0. The Morgan fingerprint density at radius 3 is 2.64 bits per heavy atom. The van der Waals surface area contributed by atoms with Crippen LogP contribution in [0.3, 0.4) is 0 Å². The van der Waals surface area contributed by atoms with Gasteiger partial charge in [-0.15, -0.1) is 10.2 Å². The number of amides is 1. The second-order valence-electron chi connectivity index (χ2n) is 5.64. The molecule has 8 heteroatoms. The second-order valence-corrected chi connectivity index (χ2v) is 7.11. The molecule has 0 saturated carbocycles. The molecular formula is C17H16ClN3O3S. The third-order valence-electron chi connectivity index (χ3n) is 3.96. The number of hydrogen-bond acceptors (Lipinski definition) is 5. The average molecular weight is 378 g/mol. The lowest BCUT2D eigenvalue weighted by Gasteiger charge is -2.32. The van der Waals surface area contributed by atoms with E-state index in [0.717, 1.165) is 17.7 Å². The number of aromatic nitrogens is 2. The first-order valence-corrected chi connectivity index (χ1v) is 9.05. The van der Waals surface area contributed by atoms with Gasteiger partial charge in [0.1, 0.15) is 11.1 Å². The first-order valence-electron chi connectivity index (χ1n) is 7.86. The SMILES string of the molecule is O=C(O)C1CCCCN1C(=O)c1ccc(Sc2ccccc2Cl)nn1. The highest BCUT2D eigenvalue weighted by atomic mass is 35.5. The zero-order valence-corrected chi connectivity index (χ0v) is 14.8. The number of carboxylic acids is 1. The third-order valence-corrected chi connectivity index (χ3v) is 5.40. The maximum absolute atomic E-state index is 12.6. The number of piperidine rings is 1. The van der Waals surface area contributed by atoms with Crippen LogP contribution in [-0.4, -0.2) is 44.7 Å². The van der Waals surface area contributed by atoms with Crippen molar-refractivity contribution in [2.24, 2.45) is 0 Å². The minimum absolute atomic E-state index is 0.150. The molecule has 130 valence electrons. The average Bonchev–Trinajstić information content (AvgIpc) is 2.63. The molecule has 1 aromatic heterocycles.